The minimum Gasteiger partial charge on any atom is -0.492 e. The van der Waals surface area contributed by atoms with E-state index >= 15 is 0 Å². The lowest BCUT2D eigenvalue weighted by atomic mass is 9.89. The van der Waals surface area contributed by atoms with Gasteiger partial charge in [0.15, 0.2) is 11.5 Å². The molecule has 1 aliphatic rings. The number of benzene rings is 1. The third kappa shape index (κ3) is 5.25. The van der Waals surface area contributed by atoms with Crippen molar-refractivity contribution in [3.63, 3.8) is 0 Å². The first-order valence-electron chi connectivity index (χ1n) is 8.27. The molecule has 0 saturated carbocycles. The first-order chi connectivity index (χ1) is 13.6. The van der Waals surface area contributed by atoms with E-state index in [0.717, 1.165) is 0 Å². The number of methoxy groups -OCH3 is 3. The molecule has 1 aromatic carbocycles. The van der Waals surface area contributed by atoms with Gasteiger partial charge >= 0.3 is 12.1 Å². The zero-order chi connectivity index (χ0) is 21.9. The summed E-state index contributed by atoms with van der Waals surface area (Å²) in [5.74, 6) is -0.0214. The van der Waals surface area contributed by atoms with Crippen molar-refractivity contribution in [1.29, 1.82) is 0 Å². The number of hydrogen-bond donors (Lipinski definition) is 1. The van der Waals surface area contributed by atoms with E-state index in [2.05, 4.69) is 15.9 Å². The van der Waals surface area contributed by atoms with Crippen molar-refractivity contribution < 1.29 is 33.6 Å². The molecule has 1 unspecified atom stereocenters. The van der Waals surface area contributed by atoms with E-state index in [9.17, 15) is 14.7 Å². The smallest absolute Gasteiger partial charge is 0.410 e. The topological polar surface area (TPSA) is 94.5 Å². The molecule has 0 radical (unpaired) electrons. The van der Waals surface area contributed by atoms with Gasteiger partial charge in [-0.3, -0.25) is 4.79 Å². The van der Waals surface area contributed by atoms with Crippen LogP contribution in [0.25, 0.3) is 0 Å². The summed E-state index contributed by atoms with van der Waals surface area (Å²) in [6.07, 6.45) is -0.822. The monoisotopic (exact) mass is 533 g/mol. The van der Waals surface area contributed by atoms with Crippen LogP contribution >= 0.6 is 50.7 Å². The number of carboxylic acids is 1. The Balaban J connectivity index is 2.58. The zero-order valence-electron chi connectivity index (χ0n) is 15.8. The summed E-state index contributed by atoms with van der Waals surface area (Å²) < 4.78 is 20.1. The second-order valence-electron chi connectivity index (χ2n) is 6.03. The van der Waals surface area contributed by atoms with Gasteiger partial charge in [0.05, 0.1) is 38.3 Å². The summed E-state index contributed by atoms with van der Waals surface area (Å²) in [6.45, 7) is -0.308. The lowest BCUT2D eigenvalue weighted by Crippen LogP contribution is -2.42. The van der Waals surface area contributed by atoms with Crippen LogP contribution in [0.1, 0.15) is 23.6 Å². The summed E-state index contributed by atoms with van der Waals surface area (Å²) in [5.41, 5.74) is 1.23. The van der Waals surface area contributed by atoms with Crippen molar-refractivity contribution in [2.75, 3.05) is 34.5 Å². The number of alkyl halides is 3. The molecular formula is C17H19BrCl3NO7. The number of carbonyl (C=O) groups excluding carboxylic acids is 1. The fraction of sp³-hybridized carbons (Fsp3) is 0.529. The Bertz CT molecular complexity index is 800. The molecule has 1 amide bonds. The Morgan fingerprint density at radius 3 is 2.21 bits per heavy atom. The van der Waals surface area contributed by atoms with E-state index in [1.54, 1.807) is 0 Å². The van der Waals surface area contributed by atoms with Gasteiger partial charge < -0.3 is 29.0 Å². The standard InChI is InChI=1S/C17H19BrCl3NO7/c1-26-13-8-4-5-22(16(25)29-7-17(19,20)21)9(6-10(23)24)11(8)12(18)14(27-2)15(13)28-3/h9H,4-7H2,1-3H3,(H,23,24). The molecule has 1 heterocycles. The minimum atomic E-state index is -1.79. The van der Waals surface area contributed by atoms with Gasteiger partial charge in [-0.2, -0.15) is 0 Å². The summed E-state index contributed by atoms with van der Waals surface area (Å²) in [6, 6.07) is -0.873. The summed E-state index contributed by atoms with van der Waals surface area (Å²) in [7, 11) is 4.38. The van der Waals surface area contributed by atoms with Gasteiger partial charge in [-0.25, -0.2) is 4.79 Å². The van der Waals surface area contributed by atoms with Gasteiger partial charge in [-0.05, 0) is 22.4 Å². The van der Waals surface area contributed by atoms with Crippen LogP contribution in [-0.2, 0) is 16.0 Å². The lowest BCUT2D eigenvalue weighted by molar-refractivity contribution is -0.138. The molecule has 162 valence electrons. The van der Waals surface area contributed by atoms with Gasteiger partial charge in [0.2, 0.25) is 9.54 Å². The number of amides is 1. The van der Waals surface area contributed by atoms with E-state index in [1.807, 2.05) is 0 Å². The molecule has 8 nitrogen and oxygen atoms in total. The molecule has 1 aromatic rings. The van der Waals surface area contributed by atoms with Crippen LogP contribution in [0, 0.1) is 0 Å². The van der Waals surface area contributed by atoms with E-state index in [-0.39, 0.29) is 13.0 Å². The first kappa shape index (κ1) is 24.0. The average Bonchev–Trinajstić information content (AvgIpc) is 2.64. The number of rotatable bonds is 6. The second kappa shape index (κ2) is 9.68. The summed E-state index contributed by atoms with van der Waals surface area (Å²) >= 11 is 20.4. The Hall–Kier alpha value is -1.29. The molecule has 0 aliphatic carbocycles. The summed E-state index contributed by atoms with van der Waals surface area (Å²) in [4.78, 5) is 25.5. The largest absolute Gasteiger partial charge is 0.492 e. The van der Waals surface area contributed by atoms with Crippen LogP contribution in [0.2, 0.25) is 0 Å². The predicted octanol–water partition coefficient (Wildman–Crippen LogP) is 4.36. The van der Waals surface area contributed by atoms with Crippen LogP contribution in [0.3, 0.4) is 0 Å². The molecule has 2 rings (SSSR count). The number of carboxylic acid groups (broad SMARTS) is 1. The predicted molar refractivity (Wildman–Crippen MR) is 111 cm³/mol. The molecule has 0 fully saturated rings. The van der Waals surface area contributed by atoms with Crippen molar-refractivity contribution in [2.45, 2.75) is 22.7 Å². The van der Waals surface area contributed by atoms with Crippen molar-refractivity contribution in [1.82, 2.24) is 4.90 Å². The van der Waals surface area contributed by atoms with E-state index in [0.29, 0.717) is 39.3 Å². The van der Waals surface area contributed by atoms with E-state index < -0.39 is 28.5 Å². The zero-order valence-corrected chi connectivity index (χ0v) is 19.6. The Kier molecular flexibility index (Phi) is 8.00. The van der Waals surface area contributed by atoms with Crippen LogP contribution in [0.15, 0.2) is 4.47 Å². The maximum absolute atomic E-state index is 12.6. The SMILES string of the molecule is COc1c(Br)c2c(c(OC)c1OC)CCN(C(=O)OCC(Cl)(Cl)Cl)C2CC(=O)O. The first-order valence-corrected chi connectivity index (χ1v) is 10.2. The number of carbonyl (C=O) groups is 2. The van der Waals surface area contributed by atoms with Crippen molar-refractivity contribution in [3.8, 4) is 17.2 Å². The van der Waals surface area contributed by atoms with Crippen LogP contribution in [-0.4, -0.2) is 60.3 Å². The Morgan fingerprint density at radius 1 is 1.14 bits per heavy atom. The Labute approximate surface area is 191 Å². The molecule has 0 spiro atoms. The number of nitrogens with zero attached hydrogens (tertiary/aromatic N) is 1. The van der Waals surface area contributed by atoms with Crippen LogP contribution in [0.5, 0.6) is 17.2 Å². The average molecular weight is 536 g/mol. The number of ether oxygens (including phenoxy) is 4. The third-order valence-electron chi connectivity index (χ3n) is 4.33. The maximum atomic E-state index is 12.6. The second-order valence-corrected chi connectivity index (χ2v) is 9.34. The third-order valence-corrected chi connectivity index (χ3v) is 5.45. The summed E-state index contributed by atoms with van der Waals surface area (Å²) in [5, 5.41) is 9.45. The highest BCUT2D eigenvalue weighted by molar-refractivity contribution is 9.10. The van der Waals surface area contributed by atoms with E-state index in [4.69, 9.17) is 53.8 Å². The molecule has 0 aromatic heterocycles. The van der Waals surface area contributed by atoms with E-state index in [1.165, 1.54) is 26.2 Å². The Morgan fingerprint density at radius 2 is 1.72 bits per heavy atom. The molecule has 0 bridgehead atoms. The van der Waals surface area contributed by atoms with Gasteiger partial charge in [0, 0.05) is 17.7 Å². The van der Waals surface area contributed by atoms with Crippen molar-refractivity contribution in [2.24, 2.45) is 0 Å². The normalized spacial score (nSPS) is 16.1. The highest BCUT2D eigenvalue weighted by Crippen LogP contribution is 2.52. The lowest BCUT2D eigenvalue weighted by Gasteiger charge is -2.38. The van der Waals surface area contributed by atoms with Crippen molar-refractivity contribution >= 4 is 62.8 Å². The molecule has 1 atom stereocenters. The molecule has 1 aliphatic heterocycles. The number of halogens is 4. The van der Waals surface area contributed by atoms with Gasteiger partial charge in [0.25, 0.3) is 0 Å². The highest BCUT2D eigenvalue weighted by atomic mass is 79.9. The quantitative estimate of drug-likeness (QED) is 0.541. The van der Waals surface area contributed by atoms with Crippen LogP contribution < -0.4 is 14.2 Å². The molecule has 0 saturated heterocycles. The van der Waals surface area contributed by atoms with Gasteiger partial charge in [-0.15, -0.1) is 0 Å². The van der Waals surface area contributed by atoms with Gasteiger partial charge in [0.1, 0.15) is 6.61 Å². The number of aliphatic carboxylic acids is 1. The maximum Gasteiger partial charge on any atom is 0.410 e. The fourth-order valence-corrected chi connectivity index (χ4v) is 4.27. The molecule has 12 heteroatoms. The highest BCUT2D eigenvalue weighted by Gasteiger charge is 2.40. The van der Waals surface area contributed by atoms with Crippen molar-refractivity contribution in [3.05, 3.63) is 15.6 Å². The van der Waals surface area contributed by atoms with Crippen LogP contribution in [0.4, 0.5) is 4.79 Å². The minimum absolute atomic E-state index is 0.169. The molecular weight excluding hydrogens is 516 g/mol. The number of fused-ring (bicyclic) bond motifs is 1. The number of hydrogen-bond acceptors (Lipinski definition) is 6. The molecule has 29 heavy (non-hydrogen) atoms. The van der Waals surface area contributed by atoms with Gasteiger partial charge in [-0.1, -0.05) is 34.8 Å². The fourth-order valence-electron chi connectivity index (χ4n) is 3.26. The molecule has 1 N–H and O–H groups in total.